The number of halogens is 2. The molecule has 0 aliphatic carbocycles. The molecule has 0 atom stereocenters. The minimum atomic E-state index is -0.475. The van der Waals surface area contributed by atoms with Crippen LogP contribution in [-0.2, 0) is 11.2 Å². The van der Waals surface area contributed by atoms with E-state index in [9.17, 15) is 9.59 Å². The highest BCUT2D eigenvalue weighted by Crippen LogP contribution is 2.26. The molecule has 2 rings (SSSR count). The molecule has 0 aliphatic rings. The molecule has 0 saturated carbocycles. The maximum atomic E-state index is 12.6. The van der Waals surface area contributed by atoms with E-state index in [-0.39, 0.29) is 6.61 Å². The van der Waals surface area contributed by atoms with Crippen LogP contribution < -0.4 is 20.3 Å². The lowest BCUT2D eigenvalue weighted by molar-refractivity contribution is -0.123. The predicted octanol–water partition coefficient (Wildman–Crippen LogP) is 5.57. The first kappa shape index (κ1) is 25.2. The van der Waals surface area contributed by atoms with Gasteiger partial charge in [-0.25, -0.2) is 0 Å². The second kappa shape index (κ2) is 13.4. The van der Waals surface area contributed by atoms with Crippen molar-refractivity contribution in [1.29, 1.82) is 0 Å². The smallest absolute Gasteiger partial charge is 0.276 e. The molecule has 2 N–H and O–H groups in total. The van der Waals surface area contributed by atoms with Crippen molar-refractivity contribution in [3.63, 3.8) is 0 Å². The van der Waals surface area contributed by atoms with E-state index >= 15 is 0 Å². The highest BCUT2D eigenvalue weighted by atomic mass is 79.9. The average molecular weight is 556 g/mol. The molecule has 31 heavy (non-hydrogen) atoms. The SMILES string of the molecule is CCCCCCOc1ccc(Br)cc1C(=O)NNC(=O)COc1ccc(CC)cc1Br. The van der Waals surface area contributed by atoms with Crippen molar-refractivity contribution in [2.75, 3.05) is 13.2 Å². The number of hydrazine groups is 1. The van der Waals surface area contributed by atoms with Crippen LogP contribution in [0.15, 0.2) is 45.3 Å². The number of hydrogen-bond donors (Lipinski definition) is 2. The summed E-state index contributed by atoms with van der Waals surface area (Å²) in [5, 5.41) is 0. The number of carbonyl (C=O) groups is 2. The molecule has 168 valence electrons. The predicted molar refractivity (Wildman–Crippen MR) is 128 cm³/mol. The summed E-state index contributed by atoms with van der Waals surface area (Å²) in [7, 11) is 0. The van der Waals surface area contributed by atoms with Gasteiger partial charge in [-0.2, -0.15) is 0 Å². The van der Waals surface area contributed by atoms with Crippen molar-refractivity contribution in [3.8, 4) is 11.5 Å². The molecule has 8 heteroatoms. The molecule has 2 aromatic carbocycles. The van der Waals surface area contributed by atoms with Gasteiger partial charge in [-0.1, -0.05) is 55.1 Å². The Bertz CT molecular complexity index is 890. The van der Waals surface area contributed by atoms with Crippen LogP contribution in [0.2, 0.25) is 0 Å². The number of nitrogens with one attached hydrogen (secondary N) is 2. The van der Waals surface area contributed by atoms with Gasteiger partial charge in [0.25, 0.3) is 11.8 Å². The van der Waals surface area contributed by atoms with Gasteiger partial charge in [-0.15, -0.1) is 0 Å². The van der Waals surface area contributed by atoms with Crippen LogP contribution in [0.4, 0.5) is 0 Å². The number of benzene rings is 2. The molecule has 0 unspecified atom stereocenters. The third-order valence-corrected chi connectivity index (χ3v) is 5.63. The van der Waals surface area contributed by atoms with Crippen LogP contribution in [-0.4, -0.2) is 25.0 Å². The summed E-state index contributed by atoms with van der Waals surface area (Å²) in [6.45, 7) is 4.52. The molecule has 0 radical (unpaired) electrons. The monoisotopic (exact) mass is 554 g/mol. The van der Waals surface area contributed by atoms with E-state index in [0.29, 0.717) is 23.7 Å². The molecule has 2 aromatic rings. The van der Waals surface area contributed by atoms with Gasteiger partial charge in [0.15, 0.2) is 6.61 Å². The fourth-order valence-corrected chi connectivity index (χ4v) is 3.67. The Kier molecular flexibility index (Phi) is 10.9. The molecule has 0 fully saturated rings. The van der Waals surface area contributed by atoms with Gasteiger partial charge in [0.2, 0.25) is 0 Å². The highest BCUT2D eigenvalue weighted by Gasteiger charge is 2.15. The maximum Gasteiger partial charge on any atom is 0.276 e. The first-order valence-electron chi connectivity index (χ1n) is 10.4. The molecule has 0 spiro atoms. The van der Waals surface area contributed by atoms with Crippen molar-refractivity contribution in [2.24, 2.45) is 0 Å². The first-order valence-corrected chi connectivity index (χ1v) is 12.0. The largest absolute Gasteiger partial charge is 0.493 e. The lowest BCUT2D eigenvalue weighted by Gasteiger charge is -2.13. The zero-order valence-corrected chi connectivity index (χ0v) is 21.0. The lowest BCUT2D eigenvalue weighted by Crippen LogP contribution is -2.44. The van der Waals surface area contributed by atoms with Gasteiger partial charge in [-0.3, -0.25) is 20.4 Å². The van der Waals surface area contributed by atoms with E-state index in [4.69, 9.17) is 9.47 Å². The molecule has 2 amide bonds. The standard InChI is InChI=1S/C23H28Br2N2O4/c1-3-5-6-7-12-30-20-11-9-17(24)14-18(20)23(29)27-26-22(28)15-31-21-10-8-16(4-2)13-19(21)25/h8-11,13-14H,3-7,12,15H2,1-2H3,(H,26,28)(H,27,29). The van der Waals surface area contributed by atoms with Gasteiger partial charge in [0.05, 0.1) is 16.6 Å². The molecule has 0 bridgehead atoms. The second-order valence-electron chi connectivity index (χ2n) is 6.96. The fraction of sp³-hybridized carbons (Fsp3) is 0.391. The number of ether oxygens (including phenoxy) is 2. The molecule has 0 heterocycles. The Labute approximate surface area is 200 Å². The average Bonchev–Trinajstić information content (AvgIpc) is 2.77. The van der Waals surface area contributed by atoms with E-state index in [1.54, 1.807) is 18.2 Å². The van der Waals surface area contributed by atoms with E-state index in [1.807, 2.05) is 18.2 Å². The van der Waals surface area contributed by atoms with Crippen LogP contribution in [0.3, 0.4) is 0 Å². The Balaban J connectivity index is 1.87. The lowest BCUT2D eigenvalue weighted by atomic mass is 10.2. The third-order valence-electron chi connectivity index (χ3n) is 4.52. The second-order valence-corrected chi connectivity index (χ2v) is 8.73. The number of aryl methyl sites for hydroxylation is 1. The number of unbranched alkanes of at least 4 members (excludes halogenated alkanes) is 3. The number of hydrogen-bond acceptors (Lipinski definition) is 4. The molecule has 0 aromatic heterocycles. The van der Waals surface area contributed by atoms with Crippen LogP contribution in [0.5, 0.6) is 11.5 Å². The van der Waals surface area contributed by atoms with E-state index in [2.05, 4.69) is 56.6 Å². The van der Waals surface area contributed by atoms with Crippen molar-refractivity contribution >= 4 is 43.7 Å². The van der Waals surface area contributed by atoms with Gasteiger partial charge >= 0.3 is 0 Å². The van der Waals surface area contributed by atoms with Crippen molar-refractivity contribution in [2.45, 2.75) is 46.0 Å². The number of rotatable bonds is 11. The molecular formula is C23H28Br2N2O4. The Hall–Kier alpha value is -2.06. The minimum absolute atomic E-state index is 0.233. The van der Waals surface area contributed by atoms with E-state index < -0.39 is 11.8 Å². The van der Waals surface area contributed by atoms with Crippen LogP contribution >= 0.6 is 31.9 Å². The van der Waals surface area contributed by atoms with Gasteiger partial charge in [-0.05, 0) is 64.7 Å². The minimum Gasteiger partial charge on any atom is -0.493 e. The summed E-state index contributed by atoms with van der Waals surface area (Å²) in [6, 6.07) is 10.9. The number of carbonyl (C=O) groups excluding carboxylic acids is 2. The summed E-state index contributed by atoms with van der Waals surface area (Å²) < 4.78 is 12.8. The quantitative estimate of drug-likeness (QED) is 0.280. The summed E-state index contributed by atoms with van der Waals surface area (Å²) in [6.07, 6.45) is 5.22. The molecule has 0 saturated heterocycles. The van der Waals surface area contributed by atoms with Crippen LogP contribution in [0, 0.1) is 0 Å². The molecular weight excluding hydrogens is 528 g/mol. The normalized spacial score (nSPS) is 10.5. The van der Waals surface area contributed by atoms with Gasteiger partial charge < -0.3 is 9.47 Å². The van der Waals surface area contributed by atoms with Crippen LogP contribution in [0.25, 0.3) is 0 Å². The summed E-state index contributed by atoms with van der Waals surface area (Å²) >= 11 is 6.80. The summed E-state index contributed by atoms with van der Waals surface area (Å²) in [5.41, 5.74) is 6.29. The van der Waals surface area contributed by atoms with Crippen molar-refractivity contribution in [3.05, 3.63) is 56.5 Å². The zero-order valence-electron chi connectivity index (χ0n) is 17.8. The fourth-order valence-electron chi connectivity index (χ4n) is 2.77. The topological polar surface area (TPSA) is 76.7 Å². The van der Waals surface area contributed by atoms with Crippen LogP contribution in [0.1, 0.15) is 55.5 Å². The van der Waals surface area contributed by atoms with Crippen molar-refractivity contribution in [1.82, 2.24) is 10.9 Å². The van der Waals surface area contributed by atoms with Gasteiger partial charge in [0.1, 0.15) is 11.5 Å². The molecule has 6 nitrogen and oxygen atoms in total. The highest BCUT2D eigenvalue weighted by molar-refractivity contribution is 9.10. The van der Waals surface area contributed by atoms with Gasteiger partial charge in [0, 0.05) is 4.47 Å². The number of amides is 2. The third kappa shape index (κ3) is 8.53. The zero-order chi connectivity index (χ0) is 22.6. The van der Waals surface area contributed by atoms with Crippen molar-refractivity contribution < 1.29 is 19.1 Å². The Morgan fingerprint density at radius 3 is 2.39 bits per heavy atom. The maximum absolute atomic E-state index is 12.6. The first-order chi connectivity index (χ1) is 14.9. The summed E-state index contributed by atoms with van der Waals surface area (Å²) in [5.74, 6) is 0.0932. The molecule has 0 aliphatic heterocycles. The Morgan fingerprint density at radius 2 is 1.68 bits per heavy atom. The summed E-state index contributed by atoms with van der Waals surface area (Å²) in [4.78, 5) is 24.7. The Morgan fingerprint density at radius 1 is 0.903 bits per heavy atom. The van der Waals surface area contributed by atoms with E-state index in [1.165, 1.54) is 0 Å². The van der Waals surface area contributed by atoms with E-state index in [0.717, 1.165) is 46.6 Å².